The first-order chi connectivity index (χ1) is 15.2. The van der Waals surface area contributed by atoms with Crippen molar-refractivity contribution >= 4 is 44.8 Å². The maximum atomic E-state index is 13.6. The Morgan fingerprint density at radius 1 is 0.935 bits per heavy atom. The molecule has 0 N–H and O–H groups in total. The number of aromatic nitrogens is 5. The fourth-order valence-electron chi connectivity index (χ4n) is 4.71. The number of para-hydroxylation sites is 2. The molecular weight excluding hydrogens is 410 g/mol. The van der Waals surface area contributed by atoms with E-state index in [1.165, 1.54) is 0 Å². The molecule has 5 aromatic rings. The predicted molar refractivity (Wildman–Crippen MR) is 123 cm³/mol. The molecule has 3 heterocycles. The van der Waals surface area contributed by atoms with E-state index in [4.69, 9.17) is 26.6 Å². The van der Waals surface area contributed by atoms with Crippen molar-refractivity contribution in [2.45, 2.75) is 38.3 Å². The standard InChI is InChI=1S/C24H20ClN5O/c25-17-10-4-1-7-15(17)13-29-22-20(24(31)30(14-26-22)16-8-2-3-9-16)21-23(29)28-19-12-6-5-11-18(19)27-21/h1,4-7,10-12,14,16H,2-3,8-9,13H2. The zero-order valence-corrected chi connectivity index (χ0v) is 17.6. The quantitative estimate of drug-likeness (QED) is 0.399. The lowest BCUT2D eigenvalue weighted by Gasteiger charge is -2.13. The Balaban J connectivity index is 1.68. The Hall–Kier alpha value is -3.25. The van der Waals surface area contributed by atoms with Crippen molar-refractivity contribution in [2.24, 2.45) is 0 Å². The topological polar surface area (TPSA) is 65.6 Å². The van der Waals surface area contributed by atoms with E-state index in [0.717, 1.165) is 42.3 Å². The zero-order chi connectivity index (χ0) is 20.9. The highest BCUT2D eigenvalue weighted by atomic mass is 35.5. The van der Waals surface area contributed by atoms with E-state index in [2.05, 4.69) is 0 Å². The SMILES string of the molecule is O=c1c2c3nc4ccccc4nc3n(Cc3ccccc3Cl)c2ncn1C1CCCC1. The maximum Gasteiger partial charge on any atom is 0.265 e. The summed E-state index contributed by atoms with van der Waals surface area (Å²) in [5.41, 5.74) is 4.32. The van der Waals surface area contributed by atoms with Gasteiger partial charge in [-0.25, -0.2) is 15.0 Å². The molecule has 1 aliphatic carbocycles. The number of fused-ring (bicyclic) bond motifs is 4. The molecule has 0 spiro atoms. The number of rotatable bonds is 3. The van der Waals surface area contributed by atoms with Crippen LogP contribution in [0.15, 0.2) is 59.7 Å². The Morgan fingerprint density at radius 2 is 1.65 bits per heavy atom. The summed E-state index contributed by atoms with van der Waals surface area (Å²) < 4.78 is 3.76. The Morgan fingerprint density at radius 3 is 2.42 bits per heavy atom. The van der Waals surface area contributed by atoms with Crippen LogP contribution in [-0.2, 0) is 6.54 Å². The zero-order valence-electron chi connectivity index (χ0n) is 16.8. The van der Waals surface area contributed by atoms with Gasteiger partial charge in [0.1, 0.15) is 17.2 Å². The predicted octanol–water partition coefficient (Wildman–Crippen LogP) is 5.11. The maximum absolute atomic E-state index is 13.6. The van der Waals surface area contributed by atoms with Gasteiger partial charge in [-0.3, -0.25) is 9.36 Å². The number of benzene rings is 2. The summed E-state index contributed by atoms with van der Waals surface area (Å²) in [5, 5.41) is 1.21. The minimum Gasteiger partial charge on any atom is -0.304 e. The minimum atomic E-state index is -0.0376. The normalized spacial score (nSPS) is 14.9. The van der Waals surface area contributed by atoms with Crippen molar-refractivity contribution in [3.63, 3.8) is 0 Å². The Kier molecular flexibility index (Phi) is 4.28. The minimum absolute atomic E-state index is 0.0376. The summed E-state index contributed by atoms with van der Waals surface area (Å²) >= 11 is 6.45. The van der Waals surface area contributed by atoms with E-state index < -0.39 is 0 Å². The average molecular weight is 430 g/mol. The summed E-state index contributed by atoms with van der Waals surface area (Å²) in [6.07, 6.45) is 6.02. The van der Waals surface area contributed by atoms with Crippen molar-refractivity contribution in [3.05, 3.63) is 75.8 Å². The van der Waals surface area contributed by atoms with Crippen LogP contribution < -0.4 is 5.56 Å². The number of nitrogens with zero attached hydrogens (tertiary/aromatic N) is 5. The molecule has 6 nitrogen and oxygen atoms in total. The number of hydrogen-bond donors (Lipinski definition) is 0. The second-order valence-electron chi connectivity index (χ2n) is 8.16. The molecule has 31 heavy (non-hydrogen) atoms. The van der Waals surface area contributed by atoms with Gasteiger partial charge >= 0.3 is 0 Å². The van der Waals surface area contributed by atoms with Gasteiger partial charge in [0, 0.05) is 11.1 Å². The fourth-order valence-corrected chi connectivity index (χ4v) is 4.90. The van der Waals surface area contributed by atoms with Crippen molar-refractivity contribution in [1.29, 1.82) is 0 Å². The molecule has 6 rings (SSSR count). The van der Waals surface area contributed by atoms with Gasteiger partial charge < -0.3 is 4.57 Å². The third-order valence-electron chi connectivity index (χ3n) is 6.28. The third kappa shape index (κ3) is 2.93. The lowest BCUT2D eigenvalue weighted by atomic mass is 10.2. The fraction of sp³-hybridized carbons (Fsp3) is 0.250. The molecule has 3 aromatic heterocycles. The van der Waals surface area contributed by atoms with E-state index in [-0.39, 0.29) is 11.6 Å². The van der Waals surface area contributed by atoms with Crippen LogP contribution in [0.2, 0.25) is 5.02 Å². The lowest BCUT2D eigenvalue weighted by molar-refractivity contribution is 0.498. The summed E-state index contributed by atoms with van der Waals surface area (Å²) in [7, 11) is 0. The molecule has 0 bridgehead atoms. The summed E-state index contributed by atoms with van der Waals surface area (Å²) in [4.78, 5) is 28.1. The van der Waals surface area contributed by atoms with Crippen LogP contribution >= 0.6 is 11.6 Å². The monoisotopic (exact) mass is 429 g/mol. The van der Waals surface area contributed by atoms with E-state index >= 15 is 0 Å². The van der Waals surface area contributed by atoms with Crippen molar-refractivity contribution < 1.29 is 0 Å². The van der Waals surface area contributed by atoms with E-state index in [0.29, 0.717) is 33.8 Å². The molecule has 1 aliphatic rings. The molecule has 0 atom stereocenters. The first-order valence-electron chi connectivity index (χ1n) is 10.6. The highest BCUT2D eigenvalue weighted by Crippen LogP contribution is 2.31. The molecule has 0 aliphatic heterocycles. The molecule has 154 valence electrons. The average Bonchev–Trinajstić information content (AvgIpc) is 3.41. The van der Waals surface area contributed by atoms with Gasteiger partial charge in [0.05, 0.1) is 17.6 Å². The van der Waals surface area contributed by atoms with E-state index in [1.807, 2.05) is 53.1 Å². The largest absolute Gasteiger partial charge is 0.304 e. The summed E-state index contributed by atoms with van der Waals surface area (Å²) in [5.74, 6) is 0. The molecule has 0 amide bonds. The first kappa shape index (κ1) is 18.5. The number of halogens is 1. The molecule has 0 radical (unpaired) electrons. The molecule has 1 saturated carbocycles. The van der Waals surface area contributed by atoms with Gasteiger partial charge in [-0.05, 0) is 36.6 Å². The van der Waals surface area contributed by atoms with Gasteiger partial charge in [-0.2, -0.15) is 0 Å². The van der Waals surface area contributed by atoms with E-state index in [9.17, 15) is 4.79 Å². The van der Waals surface area contributed by atoms with Crippen LogP contribution in [0.3, 0.4) is 0 Å². The second kappa shape index (κ2) is 7.17. The molecule has 2 aromatic carbocycles. The smallest absolute Gasteiger partial charge is 0.265 e. The van der Waals surface area contributed by atoms with Crippen LogP contribution in [0.1, 0.15) is 37.3 Å². The Labute approximate surface area is 183 Å². The van der Waals surface area contributed by atoms with Crippen LogP contribution in [0, 0.1) is 0 Å². The van der Waals surface area contributed by atoms with Crippen molar-refractivity contribution in [2.75, 3.05) is 0 Å². The van der Waals surface area contributed by atoms with Crippen LogP contribution in [0.25, 0.3) is 33.2 Å². The third-order valence-corrected chi connectivity index (χ3v) is 6.65. The summed E-state index contributed by atoms with van der Waals surface area (Å²) in [6.45, 7) is 0.465. The van der Waals surface area contributed by atoms with E-state index in [1.54, 1.807) is 10.9 Å². The van der Waals surface area contributed by atoms with Crippen LogP contribution in [0.5, 0.6) is 0 Å². The van der Waals surface area contributed by atoms with Crippen molar-refractivity contribution in [3.8, 4) is 0 Å². The van der Waals surface area contributed by atoms with Gasteiger partial charge in [0.25, 0.3) is 5.56 Å². The van der Waals surface area contributed by atoms with Gasteiger partial charge in [0.2, 0.25) is 0 Å². The molecule has 0 unspecified atom stereocenters. The number of hydrogen-bond acceptors (Lipinski definition) is 4. The van der Waals surface area contributed by atoms with Gasteiger partial charge in [-0.15, -0.1) is 0 Å². The Bertz CT molecular complexity index is 1510. The molecular formula is C24H20ClN5O. The molecule has 7 heteroatoms. The first-order valence-corrected chi connectivity index (χ1v) is 11.0. The van der Waals surface area contributed by atoms with Crippen molar-refractivity contribution in [1.82, 2.24) is 24.1 Å². The highest BCUT2D eigenvalue weighted by Gasteiger charge is 2.24. The van der Waals surface area contributed by atoms with Crippen LogP contribution in [0.4, 0.5) is 0 Å². The molecule has 0 saturated heterocycles. The molecule has 1 fully saturated rings. The van der Waals surface area contributed by atoms with Gasteiger partial charge in [0.15, 0.2) is 11.3 Å². The second-order valence-corrected chi connectivity index (χ2v) is 8.56. The lowest BCUT2D eigenvalue weighted by Crippen LogP contribution is -2.24. The summed E-state index contributed by atoms with van der Waals surface area (Å²) in [6, 6.07) is 15.6. The van der Waals surface area contributed by atoms with Gasteiger partial charge in [-0.1, -0.05) is 54.8 Å². The van der Waals surface area contributed by atoms with Crippen LogP contribution in [-0.4, -0.2) is 24.1 Å². The highest BCUT2D eigenvalue weighted by molar-refractivity contribution is 6.31.